The van der Waals surface area contributed by atoms with E-state index in [0.29, 0.717) is 18.1 Å². The van der Waals surface area contributed by atoms with E-state index in [0.717, 1.165) is 22.4 Å². The number of rotatable bonds is 5. The second kappa shape index (κ2) is 6.41. The molecule has 0 unspecified atom stereocenters. The van der Waals surface area contributed by atoms with Crippen molar-refractivity contribution >= 4 is 11.5 Å². The Kier molecular flexibility index (Phi) is 5.16. The highest BCUT2D eigenvalue weighted by atomic mass is 16.5. The summed E-state index contributed by atoms with van der Waals surface area (Å²) in [4.78, 5) is 10.8. The van der Waals surface area contributed by atoms with Crippen LogP contribution in [-0.2, 0) is 4.79 Å². The third kappa shape index (κ3) is 4.43. The summed E-state index contributed by atoms with van der Waals surface area (Å²) < 4.78 is 5.85. The molecule has 0 spiro atoms. The number of allylic oxidation sites excluding steroid dienone is 1. The Hall–Kier alpha value is -1.77. The second-order valence-electron chi connectivity index (χ2n) is 5.33. The minimum atomic E-state index is -0.938. The molecule has 0 aliphatic heterocycles. The summed E-state index contributed by atoms with van der Waals surface area (Å²) in [7, 11) is 0. The lowest BCUT2D eigenvalue weighted by molar-refractivity contribution is -0.131. The maximum absolute atomic E-state index is 10.8. The van der Waals surface area contributed by atoms with Gasteiger partial charge in [-0.05, 0) is 49.5 Å². The molecule has 1 rings (SSSR count). The molecule has 3 heteroatoms. The SMILES string of the molecule is C/C(=C\C(=O)O)c1cc(C)cc(C)c1OCC(C)C. The van der Waals surface area contributed by atoms with Crippen molar-refractivity contribution in [3.63, 3.8) is 0 Å². The molecule has 0 radical (unpaired) electrons. The van der Waals surface area contributed by atoms with E-state index >= 15 is 0 Å². The van der Waals surface area contributed by atoms with Crippen molar-refractivity contribution in [1.29, 1.82) is 0 Å². The molecule has 1 N–H and O–H groups in total. The summed E-state index contributed by atoms with van der Waals surface area (Å²) >= 11 is 0. The zero-order valence-electron chi connectivity index (χ0n) is 12.3. The van der Waals surface area contributed by atoms with E-state index in [9.17, 15) is 4.79 Å². The molecule has 0 aromatic heterocycles. The third-order valence-corrected chi connectivity index (χ3v) is 2.74. The van der Waals surface area contributed by atoms with Gasteiger partial charge >= 0.3 is 5.97 Å². The number of hydrogen-bond acceptors (Lipinski definition) is 2. The van der Waals surface area contributed by atoms with Crippen LogP contribution in [0.2, 0.25) is 0 Å². The van der Waals surface area contributed by atoms with Gasteiger partial charge < -0.3 is 9.84 Å². The van der Waals surface area contributed by atoms with E-state index in [1.165, 1.54) is 6.08 Å². The standard InChI is InChI=1S/C16H22O3/c1-10(2)9-19-16-13(5)6-11(3)7-14(16)12(4)8-15(17)18/h6-8,10H,9H2,1-5H3,(H,17,18)/b12-8+. The third-order valence-electron chi connectivity index (χ3n) is 2.74. The molecule has 0 saturated heterocycles. The van der Waals surface area contributed by atoms with Gasteiger partial charge in [0, 0.05) is 11.6 Å². The molecule has 1 aromatic carbocycles. The molecule has 0 saturated carbocycles. The van der Waals surface area contributed by atoms with Crippen LogP contribution in [0.3, 0.4) is 0 Å². The highest BCUT2D eigenvalue weighted by Crippen LogP contribution is 2.31. The Bertz CT molecular complexity index is 499. The number of hydrogen-bond donors (Lipinski definition) is 1. The predicted molar refractivity (Wildman–Crippen MR) is 77.5 cm³/mol. The van der Waals surface area contributed by atoms with Crippen LogP contribution in [0.15, 0.2) is 18.2 Å². The van der Waals surface area contributed by atoms with Crippen LogP contribution in [0.1, 0.15) is 37.5 Å². The van der Waals surface area contributed by atoms with Crippen LogP contribution in [0.5, 0.6) is 5.75 Å². The van der Waals surface area contributed by atoms with Crippen LogP contribution >= 0.6 is 0 Å². The van der Waals surface area contributed by atoms with Crippen LogP contribution in [0.4, 0.5) is 0 Å². The lowest BCUT2D eigenvalue weighted by Crippen LogP contribution is -2.07. The fourth-order valence-corrected chi connectivity index (χ4v) is 1.95. The first-order valence-electron chi connectivity index (χ1n) is 6.47. The number of benzene rings is 1. The number of carboxylic acid groups (broad SMARTS) is 1. The largest absolute Gasteiger partial charge is 0.492 e. The van der Waals surface area contributed by atoms with Gasteiger partial charge in [-0.3, -0.25) is 0 Å². The van der Waals surface area contributed by atoms with E-state index in [4.69, 9.17) is 9.84 Å². The van der Waals surface area contributed by atoms with Crippen LogP contribution < -0.4 is 4.74 Å². The van der Waals surface area contributed by atoms with Gasteiger partial charge in [0.05, 0.1) is 6.61 Å². The van der Waals surface area contributed by atoms with E-state index in [1.807, 2.05) is 26.0 Å². The molecule has 0 aliphatic rings. The molecular weight excluding hydrogens is 240 g/mol. The Morgan fingerprint density at radius 2 is 2.00 bits per heavy atom. The monoisotopic (exact) mass is 262 g/mol. The Balaban J connectivity index is 3.23. The van der Waals surface area contributed by atoms with Crippen molar-refractivity contribution in [2.24, 2.45) is 5.92 Å². The lowest BCUT2D eigenvalue weighted by Gasteiger charge is -2.17. The topological polar surface area (TPSA) is 46.5 Å². The first kappa shape index (κ1) is 15.3. The number of aliphatic carboxylic acids is 1. The molecule has 0 bridgehead atoms. The molecule has 104 valence electrons. The average molecular weight is 262 g/mol. The van der Waals surface area contributed by atoms with E-state index in [2.05, 4.69) is 13.8 Å². The maximum atomic E-state index is 10.8. The molecule has 3 nitrogen and oxygen atoms in total. The smallest absolute Gasteiger partial charge is 0.328 e. The van der Waals surface area contributed by atoms with Crippen LogP contribution in [-0.4, -0.2) is 17.7 Å². The quantitative estimate of drug-likeness (QED) is 0.820. The van der Waals surface area contributed by atoms with Crippen molar-refractivity contribution in [2.75, 3.05) is 6.61 Å². The van der Waals surface area contributed by atoms with Gasteiger partial charge in [-0.15, -0.1) is 0 Å². The summed E-state index contributed by atoms with van der Waals surface area (Å²) in [5.74, 6) is 0.276. The predicted octanol–water partition coefficient (Wildman–Crippen LogP) is 3.83. The number of aryl methyl sites for hydroxylation is 2. The van der Waals surface area contributed by atoms with Gasteiger partial charge in [0.1, 0.15) is 5.75 Å². The van der Waals surface area contributed by atoms with Gasteiger partial charge in [-0.25, -0.2) is 4.79 Å². The Morgan fingerprint density at radius 3 is 2.53 bits per heavy atom. The van der Waals surface area contributed by atoms with E-state index in [-0.39, 0.29) is 0 Å². The zero-order valence-corrected chi connectivity index (χ0v) is 12.3. The zero-order chi connectivity index (χ0) is 14.6. The fourth-order valence-electron chi connectivity index (χ4n) is 1.95. The van der Waals surface area contributed by atoms with Crippen molar-refractivity contribution in [3.8, 4) is 5.75 Å². The van der Waals surface area contributed by atoms with Gasteiger partial charge in [0.2, 0.25) is 0 Å². The highest BCUT2D eigenvalue weighted by molar-refractivity contribution is 5.90. The van der Waals surface area contributed by atoms with Crippen molar-refractivity contribution < 1.29 is 14.6 Å². The van der Waals surface area contributed by atoms with Crippen LogP contribution in [0, 0.1) is 19.8 Å². The number of carbonyl (C=O) groups is 1. The lowest BCUT2D eigenvalue weighted by atomic mass is 9.99. The van der Waals surface area contributed by atoms with E-state index < -0.39 is 5.97 Å². The van der Waals surface area contributed by atoms with Crippen LogP contribution in [0.25, 0.3) is 5.57 Å². The molecule has 0 fully saturated rings. The molecule has 0 atom stereocenters. The van der Waals surface area contributed by atoms with Crippen molar-refractivity contribution in [1.82, 2.24) is 0 Å². The molecule has 0 heterocycles. The Morgan fingerprint density at radius 1 is 1.37 bits per heavy atom. The highest BCUT2D eigenvalue weighted by Gasteiger charge is 2.12. The molecule has 1 aromatic rings. The molecule has 19 heavy (non-hydrogen) atoms. The first-order valence-corrected chi connectivity index (χ1v) is 6.47. The summed E-state index contributed by atoms with van der Waals surface area (Å²) in [5.41, 5.74) is 3.70. The van der Waals surface area contributed by atoms with E-state index in [1.54, 1.807) is 6.92 Å². The summed E-state index contributed by atoms with van der Waals surface area (Å²) in [5, 5.41) is 8.88. The first-order chi connectivity index (χ1) is 8.81. The van der Waals surface area contributed by atoms with Crippen molar-refractivity contribution in [2.45, 2.75) is 34.6 Å². The number of carboxylic acids is 1. The molecule has 0 aliphatic carbocycles. The molecular formula is C16H22O3. The summed E-state index contributed by atoms with van der Waals surface area (Å²) in [6.45, 7) is 10.6. The number of ether oxygens (including phenoxy) is 1. The molecule has 0 amide bonds. The minimum absolute atomic E-state index is 0.428. The maximum Gasteiger partial charge on any atom is 0.328 e. The second-order valence-corrected chi connectivity index (χ2v) is 5.33. The Labute approximate surface area is 114 Å². The normalized spacial score (nSPS) is 11.8. The van der Waals surface area contributed by atoms with Crippen molar-refractivity contribution in [3.05, 3.63) is 34.9 Å². The van der Waals surface area contributed by atoms with Gasteiger partial charge in [-0.1, -0.05) is 19.9 Å². The van der Waals surface area contributed by atoms with Gasteiger partial charge in [-0.2, -0.15) is 0 Å². The average Bonchev–Trinajstić information content (AvgIpc) is 2.25. The summed E-state index contributed by atoms with van der Waals surface area (Å²) in [6.07, 6.45) is 1.22. The van der Waals surface area contributed by atoms with Gasteiger partial charge in [0.15, 0.2) is 0 Å². The summed E-state index contributed by atoms with van der Waals surface area (Å²) in [6, 6.07) is 4.02. The fraction of sp³-hybridized carbons (Fsp3) is 0.438. The van der Waals surface area contributed by atoms with Gasteiger partial charge in [0.25, 0.3) is 0 Å². The minimum Gasteiger partial charge on any atom is -0.492 e.